The Balaban J connectivity index is 1.64. The fourth-order valence-electron chi connectivity index (χ4n) is 5.36. The van der Waals surface area contributed by atoms with E-state index >= 15 is 0 Å². The number of nitrogens with one attached hydrogen (secondary N) is 3. The van der Waals surface area contributed by atoms with E-state index in [0.29, 0.717) is 35.4 Å². The molecule has 13 heteroatoms. The number of halogens is 4. The molecule has 0 saturated carbocycles. The first kappa shape index (κ1) is 34.5. The molecule has 4 rings (SSSR count). The van der Waals surface area contributed by atoms with Crippen molar-refractivity contribution in [2.75, 3.05) is 26.7 Å². The molecular formula is C33H38F4N4O5. The van der Waals surface area contributed by atoms with Gasteiger partial charge in [0.05, 0.1) is 19.2 Å². The van der Waals surface area contributed by atoms with E-state index in [-0.39, 0.29) is 29.5 Å². The minimum absolute atomic E-state index is 0.0572. The van der Waals surface area contributed by atoms with Gasteiger partial charge >= 0.3 is 6.18 Å². The number of amides is 2. The van der Waals surface area contributed by atoms with Crippen LogP contribution >= 0.6 is 0 Å². The Morgan fingerprint density at radius 2 is 1.76 bits per heavy atom. The van der Waals surface area contributed by atoms with Crippen LogP contribution in [0.25, 0.3) is 5.57 Å². The normalized spacial score (nSPS) is 21.3. The average Bonchev–Trinajstić information content (AvgIpc) is 3.52. The van der Waals surface area contributed by atoms with Crippen LogP contribution in [0.1, 0.15) is 50.0 Å². The lowest BCUT2D eigenvalue weighted by molar-refractivity contribution is -0.241. The Morgan fingerprint density at radius 1 is 1.11 bits per heavy atom. The van der Waals surface area contributed by atoms with Crippen LogP contribution in [0.2, 0.25) is 0 Å². The SMILES string of the molecule is COc1cc(C(=O)NC[C@@](O)(/C(C)=C/C2=C(C(=C(C)C)c3ccc(F)cc3)NC[C@@]2(C)N)C(F)(F)F)ccc1O[C@H]1CCNC1=O. The van der Waals surface area contributed by atoms with Gasteiger partial charge in [-0.1, -0.05) is 23.8 Å². The molecule has 2 aromatic carbocycles. The van der Waals surface area contributed by atoms with Crippen molar-refractivity contribution in [3.63, 3.8) is 0 Å². The van der Waals surface area contributed by atoms with E-state index in [9.17, 15) is 32.3 Å². The number of rotatable bonds is 10. The lowest BCUT2D eigenvalue weighted by atomic mass is 9.85. The third kappa shape index (κ3) is 7.05. The van der Waals surface area contributed by atoms with Gasteiger partial charge in [-0.15, -0.1) is 0 Å². The van der Waals surface area contributed by atoms with Gasteiger partial charge in [0.25, 0.3) is 11.8 Å². The molecule has 3 atom stereocenters. The highest BCUT2D eigenvalue weighted by Crippen LogP contribution is 2.40. The Labute approximate surface area is 264 Å². The number of hydrogen-bond donors (Lipinski definition) is 5. The second-order valence-corrected chi connectivity index (χ2v) is 11.9. The summed E-state index contributed by atoms with van der Waals surface area (Å²) in [6.07, 6.45) is -4.30. The van der Waals surface area contributed by atoms with Crippen LogP contribution in [0.3, 0.4) is 0 Å². The molecule has 0 spiro atoms. The van der Waals surface area contributed by atoms with Crippen LogP contribution in [0.15, 0.2) is 71.0 Å². The molecule has 46 heavy (non-hydrogen) atoms. The maximum atomic E-state index is 14.5. The largest absolute Gasteiger partial charge is 0.493 e. The van der Waals surface area contributed by atoms with Crippen molar-refractivity contribution in [2.45, 2.75) is 57.5 Å². The van der Waals surface area contributed by atoms with Gasteiger partial charge in [-0.2, -0.15) is 13.2 Å². The van der Waals surface area contributed by atoms with Crippen molar-refractivity contribution in [1.82, 2.24) is 16.0 Å². The zero-order valence-electron chi connectivity index (χ0n) is 26.2. The number of allylic oxidation sites excluding steroid dienone is 2. The van der Waals surface area contributed by atoms with E-state index in [1.165, 1.54) is 43.5 Å². The molecule has 2 heterocycles. The molecule has 248 valence electrons. The summed E-state index contributed by atoms with van der Waals surface area (Å²) in [5.74, 6) is -1.36. The Bertz CT molecular complexity index is 1590. The fraction of sp³-hybridized carbons (Fsp3) is 0.394. The summed E-state index contributed by atoms with van der Waals surface area (Å²) >= 11 is 0. The summed E-state index contributed by atoms with van der Waals surface area (Å²) in [5.41, 5.74) is 4.17. The maximum absolute atomic E-state index is 14.5. The summed E-state index contributed by atoms with van der Waals surface area (Å²) in [7, 11) is 1.32. The summed E-state index contributed by atoms with van der Waals surface area (Å²) < 4.78 is 68.2. The molecule has 6 N–H and O–H groups in total. The van der Waals surface area contributed by atoms with E-state index < -0.39 is 47.3 Å². The number of carbonyl (C=O) groups is 2. The zero-order chi connectivity index (χ0) is 34.0. The van der Waals surface area contributed by atoms with Gasteiger partial charge in [0.2, 0.25) is 0 Å². The molecule has 9 nitrogen and oxygen atoms in total. The first-order valence-electron chi connectivity index (χ1n) is 14.6. The van der Waals surface area contributed by atoms with Crippen LogP contribution in [0.5, 0.6) is 11.5 Å². The molecule has 2 aliphatic heterocycles. The molecule has 2 aliphatic rings. The number of ether oxygens (including phenoxy) is 2. The van der Waals surface area contributed by atoms with Gasteiger partial charge in [0, 0.05) is 36.3 Å². The lowest BCUT2D eigenvalue weighted by Gasteiger charge is -2.32. The minimum atomic E-state index is -5.19. The van der Waals surface area contributed by atoms with Crippen molar-refractivity contribution in [2.24, 2.45) is 5.73 Å². The molecule has 0 radical (unpaired) electrons. The minimum Gasteiger partial charge on any atom is -0.493 e. The third-order valence-electron chi connectivity index (χ3n) is 8.08. The number of aliphatic hydroxyl groups is 1. The predicted molar refractivity (Wildman–Crippen MR) is 164 cm³/mol. The quantitative estimate of drug-likeness (QED) is 0.245. The Hall–Kier alpha value is -4.36. The van der Waals surface area contributed by atoms with Crippen molar-refractivity contribution in [3.05, 3.63) is 87.9 Å². The lowest BCUT2D eigenvalue weighted by Crippen LogP contribution is -2.54. The van der Waals surface area contributed by atoms with Crippen LogP contribution in [0, 0.1) is 5.82 Å². The zero-order valence-corrected chi connectivity index (χ0v) is 26.2. The monoisotopic (exact) mass is 646 g/mol. The molecule has 0 aromatic heterocycles. The van der Waals surface area contributed by atoms with Crippen LogP contribution < -0.4 is 31.2 Å². The third-order valence-corrected chi connectivity index (χ3v) is 8.08. The van der Waals surface area contributed by atoms with Crippen molar-refractivity contribution < 1.29 is 41.7 Å². The molecule has 1 fully saturated rings. The number of nitrogens with two attached hydrogens (primary N) is 1. The van der Waals surface area contributed by atoms with Crippen LogP contribution in [-0.4, -0.2) is 67.1 Å². The summed E-state index contributed by atoms with van der Waals surface area (Å²) in [4.78, 5) is 24.9. The molecule has 0 bridgehead atoms. The molecule has 0 unspecified atom stereocenters. The highest BCUT2D eigenvalue weighted by Gasteiger charge is 2.55. The number of benzene rings is 2. The topological polar surface area (TPSA) is 135 Å². The van der Waals surface area contributed by atoms with Gasteiger partial charge in [0.15, 0.2) is 23.2 Å². The van der Waals surface area contributed by atoms with Crippen LogP contribution in [0.4, 0.5) is 17.6 Å². The number of hydrogen-bond acceptors (Lipinski definition) is 7. The van der Waals surface area contributed by atoms with E-state index in [2.05, 4.69) is 16.0 Å². The highest BCUT2D eigenvalue weighted by atomic mass is 19.4. The molecule has 2 amide bonds. The van der Waals surface area contributed by atoms with E-state index in [1.807, 2.05) is 13.8 Å². The standard InChI is InChI=1S/C33H38F4N4O5/c1-18(2)27(20-6-9-22(34)10-7-20)28-23(31(4,38)16-40-28)14-19(3)32(44,33(35,36)37)17-41-29(42)21-8-11-24(26(15-21)45-5)46-25-12-13-39-30(25)43/h6-11,14-15,25,40,44H,12-13,16-17,38H2,1-5H3,(H,39,43)(H,41,42)/b19-14+/t25-,31+,32+/m0/s1. The first-order valence-corrected chi connectivity index (χ1v) is 14.6. The molecule has 0 aliphatic carbocycles. The van der Waals surface area contributed by atoms with E-state index in [1.54, 1.807) is 19.1 Å². The summed E-state index contributed by atoms with van der Waals surface area (Å²) in [6.45, 7) is 5.83. The average molecular weight is 647 g/mol. The maximum Gasteiger partial charge on any atom is 0.422 e. The number of alkyl halides is 3. The molecular weight excluding hydrogens is 608 g/mol. The van der Waals surface area contributed by atoms with Crippen molar-refractivity contribution in [3.8, 4) is 11.5 Å². The predicted octanol–water partition coefficient (Wildman–Crippen LogP) is 4.14. The Morgan fingerprint density at radius 3 is 2.33 bits per heavy atom. The smallest absolute Gasteiger partial charge is 0.422 e. The van der Waals surface area contributed by atoms with Gasteiger partial charge in [-0.3, -0.25) is 9.59 Å². The van der Waals surface area contributed by atoms with Crippen LogP contribution in [-0.2, 0) is 4.79 Å². The van der Waals surface area contributed by atoms with Gasteiger partial charge in [-0.25, -0.2) is 4.39 Å². The second-order valence-electron chi connectivity index (χ2n) is 11.9. The number of carbonyl (C=O) groups excluding carboxylic acids is 2. The fourth-order valence-corrected chi connectivity index (χ4v) is 5.36. The van der Waals surface area contributed by atoms with Gasteiger partial charge < -0.3 is 36.3 Å². The summed E-state index contributed by atoms with van der Waals surface area (Å²) in [5, 5.41) is 19.1. The van der Waals surface area contributed by atoms with E-state index in [0.717, 1.165) is 12.5 Å². The van der Waals surface area contributed by atoms with Gasteiger partial charge in [0.1, 0.15) is 5.82 Å². The highest BCUT2D eigenvalue weighted by molar-refractivity contribution is 5.95. The number of methoxy groups -OCH3 is 1. The molecule has 1 saturated heterocycles. The Kier molecular flexibility index (Phi) is 9.88. The first-order chi connectivity index (χ1) is 21.5. The second kappa shape index (κ2) is 13.2. The van der Waals surface area contributed by atoms with Gasteiger partial charge in [-0.05, 0) is 74.7 Å². The van der Waals surface area contributed by atoms with E-state index in [4.69, 9.17) is 15.2 Å². The van der Waals surface area contributed by atoms with Crippen molar-refractivity contribution in [1.29, 1.82) is 0 Å². The summed E-state index contributed by atoms with van der Waals surface area (Å²) in [6, 6.07) is 9.65. The van der Waals surface area contributed by atoms with Crippen molar-refractivity contribution >= 4 is 17.4 Å². The molecule has 2 aromatic rings.